The van der Waals surface area contributed by atoms with E-state index in [1.54, 1.807) is 0 Å². The van der Waals surface area contributed by atoms with Crippen molar-refractivity contribution >= 4 is 17.6 Å². The van der Waals surface area contributed by atoms with E-state index in [9.17, 15) is 9.90 Å². The zero-order valence-corrected chi connectivity index (χ0v) is 11.1. The van der Waals surface area contributed by atoms with E-state index in [4.69, 9.17) is 11.6 Å². The molecular formula is C14H18ClNO2. The van der Waals surface area contributed by atoms with Crippen LogP contribution in [0.1, 0.15) is 24.8 Å². The van der Waals surface area contributed by atoms with E-state index in [-0.39, 0.29) is 0 Å². The maximum atomic E-state index is 11.4. The quantitative estimate of drug-likeness (QED) is 0.912. The van der Waals surface area contributed by atoms with Crippen molar-refractivity contribution in [3.05, 3.63) is 34.9 Å². The van der Waals surface area contributed by atoms with Crippen molar-refractivity contribution in [3.63, 3.8) is 0 Å². The van der Waals surface area contributed by atoms with E-state index in [2.05, 4.69) is 4.90 Å². The molecule has 1 fully saturated rings. The maximum absolute atomic E-state index is 11.4. The number of hydrogen-bond donors (Lipinski definition) is 1. The van der Waals surface area contributed by atoms with Gasteiger partial charge in [0.15, 0.2) is 0 Å². The van der Waals surface area contributed by atoms with Crippen LogP contribution in [0.4, 0.5) is 0 Å². The van der Waals surface area contributed by atoms with Crippen LogP contribution in [0.3, 0.4) is 0 Å². The molecule has 3 nitrogen and oxygen atoms in total. The lowest BCUT2D eigenvalue weighted by molar-refractivity contribution is -0.143. The van der Waals surface area contributed by atoms with Gasteiger partial charge in [-0.3, -0.25) is 9.69 Å². The number of hydrogen-bond acceptors (Lipinski definition) is 2. The van der Waals surface area contributed by atoms with E-state index in [0.717, 1.165) is 31.5 Å². The Morgan fingerprint density at radius 1 is 1.28 bits per heavy atom. The highest BCUT2D eigenvalue weighted by Gasteiger charge is 2.27. The predicted molar refractivity (Wildman–Crippen MR) is 72.0 cm³/mol. The molecule has 2 rings (SSSR count). The van der Waals surface area contributed by atoms with Crippen molar-refractivity contribution in [2.24, 2.45) is 0 Å². The van der Waals surface area contributed by atoms with Crippen LogP contribution >= 0.6 is 11.6 Å². The lowest BCUT2D eigenvalue weighted by Crippen LogP contribution is -2.45. The van der Waals surface area contributed by atoms with Gasteiger partial charge in [-0.15, -0.1) is 0 Å². The molecule has 1 aromatic carbocycles. The number of piperidine rings is 1. The molecule has 1 aliphatic heterocycles. The van der Waals surface area contributed by atoms with Gasteiger partial charge in [0.05, 0.1) is 0 Å². The normalized spacial score (nSPS) is 18.5. The Bertz CT molecular complexity index is 416. The highest BCUT2D eigenvalue weighted by Crippen LogP contribution is 2.21. The fraction of sp³-hybridized carbons (Fsp3) is 0.500. The molecule has 0 aromatic heterocycles. The van der Waals surface area contributed by atoms with Crippen molar-refractivity contribution in [2.45, 2.75) is 31.7 Å². The summed E-state index contributed by atoms with van der Waals surface area (Å²) in [6.07, 6.45) is 3.86. The maximum Gasteiger partial charge on any atom is 0.321 e. The lowest BCUT2D eigenvalue weighted by Gasteiger charge is -2.32. The molecule has 18 heavy (non-hydrogen) atoms. The fourth-order valence-electron chi connectivity index (χ4n) is 2.47. The second-order valence-electron chi connectivity index (χ2n) is 4.75. The number of nitrogens with zero attached hydrogens (tertiary/aromatic N) is 1. The van der Waals surface area contributed by atoms with Gasteiger partial charge in [-0.05, 0) is 37.6 Å². The smallest absolute Gasteiger partial charge is 0.321 e. The summed E-state index contributed by atoms with van der Waals surface area (Å²) in [6, 6.07) is 7.03. The summed E-state index contributed by atoms with van der Waals surface area (Å²) < 4.78 is 0. The number of carboxylic acid groups (broad SMARTS) is 1. The van der Waals surface area contributed by atoms with Crippen LogP contribution in [-0.2, 0) is 11.2 Å². The third-order valence-electron chi connectivity index (χ3n) is 3.49. The van der Waals surface area contributed by atoms with Crippen molar-refractivity contribution in [2.75, 3.05) is 13.1 Å². The van der Waals surface area contributed by atoms with Gasteiger partial charge in [0, 0.05) is 11.4 Å². The molecule has 0 amide bonds. The summed E-state index contributed by atoms with van der Waals surface area (Å²) in [5.74, 6) is -0.753. The molecule has 1 heterocycles. The first-order valence-corrected chi connectivity index (χ1v) is 6.76. The number of benzene rings is 1. The number of aliphatic carboxylic acids is 1. The first-order chi connectivity index (χ1) is 8.68. The Kier molecular flexibility index (Phi) is 4.61. The van der Waals surface area contributed by atoms with Crippen LogP contribution in [0, 0.1) is 0 Å². The molecule has 0 saturated carbocycles. The monoisotopic (exact) mass is 267 g/mol. The summed E-state index contributed by atoms with van der Waals surface area (Å²) in [5, 5.41) is 10.0. The number of likely N-dealkylation sites (tertiary alicyclic amines) is 1. The molecule has 1 saturated heterocycles. The van der Waals surface area contributed by atoms with Crippen LogP contribution in [0.15, 0.2) is 24.3 Å². The lowest BCUT2D eigenvalue weighted by atomic mass is 10.0. The molecule has 1 unspecified atom stereocenters. The van der Waals surface area contributed by atoms with Crippen LogP contribution in [0.25, 0.3) is 0 Å². The third-order valence-corrected chi connectivity index (χ3v) is 3.86. The zero-order chi connectivity index (χ0) is 13.0. The first-order valence-electron chi connectivity index (χ1n) is 6.39. The molecular weight excluding hydrogens is 250 g/mol. The van der Waals surface area contributed by atoms with Crippen LogP contribution in [-0.4, -0.2) is 35.1 Å². The molecule has 0 bridgehead atoms. The minimum absolute atomic E-state index is 0.454. The highest BCUT2D eigenvalue weighted by molar-refractivity contribution is 6.31. The van der Waals surface area contributed by atoms with E-state index < -0.39 is 12.0 Å². The van der Waals surface area contributed by atoms with Crippen molar-refractivity contribution in [1.82, 2.24) is 4.90 Å². The average Bonchev–Trinajstić information content (AvgIpc) is 2.38. The summed E-state index contributed by atoms with van der Waals surface area (Å²) in [5.41, 5.74) is 0.914. The van der Waals surface area contributed by atoms with Crippen molar-refractivity contribution in [1.29, 1.82) is 0 Å². The molecule has 1 N–H and O–H groups in total. The second kappa shape index (κ2) is 6.21. The molecule has 0 radical (unpaired) electrons. The molecule has 0 aliphatic carbocycles. The number of halogens is 1. The summed E-state index contributed by atoms with van der Waals surface area (Å²) >= 11 is 6.10. The van der Waals surface area contributed by atoms with Gasteiger partial charge in [-0.25, -0.2) is 0 Å². The van der Waals surface area contributed by atoms with Gasteiger partial charge in [0.2, 0.25) is 0 Å². The van der Waals surface area contributed by atoms with E-state index >= 15 is 0 Å². The Balaban J connectivity index is 2.11. The Morgan fingerprint density at radius 3 is 2.56 bits per heavy atom. The van der Waals surface area contributed by atoms with Crippen LogP contribution in [0.2, 0.25) is 5.02 Å². The molecule has 1 aromatic rings. The second-order valence-corrected chi connectivity index (χ2v) is 5.15. The molecule has 98 valence electrons. The number of rotatable bonds is 4. The van der Waals surface area contributed by atoms with Gasteiger partial charge in [0.25, 0.3) is 0 Å². The van der Waals surface area contributed by atoms with Gasteiger partial charge < -0.3 is 5.11 Å². The van der Waals surface area contributed by atoms with Gasteiger partial charge in [0.1, 0.15) is 6.04 Å². The molecule has 0 spiro atoms. The SMILES string of the molecule is O=C(O)C(Cc1ccccc1Cl)N1CCCCC1. The molecule has 1 aliphatic rings. The summed E-state index contributed by atoms with van der Waals surface area (Å²) in [6.45, 7) is 1.75. The van der Waals surface area contributed by atoms with Crippen molar-refractivity contribution in [3.8, 4) is 0 Å². The summed E-state index contributed by atoms with van der Waals surface area (Å²) in [7, 11) is 0. The van der Waals surface area contributed by atoms with Crippen molar-refractivity contribution < 1.29 is 9.90 Å². The first kappa shape index (κ1) is 13.4. The van der Waals surface area contributed by atoms with E-state index in [1.165, 1.54) is 6.42 Å². The Morgan fingerprint density at radius 2 is 1.94 bits per heavy atom. The fourth-order valence-corrected chi connectivity index (χ4v) is 2.69. The number of carbonyl (C=O) groups is 1. The number of carboxylic acids is 1. The van der Waals surface area contributed by atoms with Gasteiger partial charge in [-0.1, -0.05) is 36.2 Å². The Labute approximate surface area is 112 Å². The van der Waals surface area contributed by atoms with E-state index in [1.807, 2.05) is 24.3 Å². The summed E-state index contributed by atoms with van der Waals surface area (Å²) in [4.78, 5) is 13.5. The van der Waals surface area contributed by atoms with Gasteiger partial charge >= 0.3 is 5.97 Å². The predicted octanol–water partition coefficient (Wildman–Crippen LogP) is 2.82. The average molecular weight is 268 g/mol. The minimum Gasteiger partial charge on any atom is -0.480 e. The topological polar surface area (TPSA) is 40.5 Å². The molecule has 4 heteroatoms. The minimum atomic E-state index is -0.753. The zero-order valence-electron chi connectivity index (χ0n) is 10.3. The highest BCUT2D eigenvalue weighted by atomic mass is 35.5. The standard InChI is InChI=1S/C14H18ClNO2/c15-12-7-3-2-6-11(12)10-13(14(17)18)16-8-4-1-5-9-16/h2-3,6-7,13H,1,4-5,8-10H2,(H,17,18). The Hall–Kier alpha value is -1.06. The third kappa shape index (κ3) is 3.24. The largest absolute Gasteiger partial charge is 0.480 e. The van der Waals surface area contributed by atoms with E-state index in [0.29, 0.717) is 11.4 Å². The van der Waals surface area contributed by atoms with Gasteiger partial charge in [-0.2, -0.15) is 0 Å². The molecule has 1 atom stereocenters. The van der Waals surface area contributed by atoms with Crippen LogP contribution in [0.5, 0.6) is 0 Å². The van der Waals surface area contributed by atoms with Crippen LogP contribution < -0.4 is 0 Å².